The molecule has 0 aliphatic heterocycles. The van der Waals surface area contributed by atoms with Crippen LogP contribution in [-0.2, 0) is 14.3 Å². The van der Waals surface area contributed by atoms with E-state index in [2.05, 4.69) is 5.32 Å². The third kappa shape index (κ3) is 5.03. The molecule has 1 N–H and O–H groups in total. The van der Waals surface area contributed by atoms with Crippen LogP contribution < -0.4 is 10.1 Å². The van der Waals surface area contributed by atoms with E-state index >= 15 is 0 Å². The van der Waals surface area contributed by atoms with Gasteiger partial charge in [-0.2, -0.15) is 0 Å². The molecule has 154 valence electrons. The summed E-state index contributed by atoms with van der Waals surface area (Å²) in [5.74, 6) is -0.593. The molecule has 30 heavy (non-hydrogen) atoms. The quantitative estimate of drug-likeness (QED) is 0.455. The highest BCUT2D eigenvalue weighted by atomic mass is 16.5. The Morgan fingerprint density at radius 2 is 1.63 bits per heavy atom. The van der Waals surface area contributed by atoms with E-state index in [0.717, 1.165) is 10.8 Å². The Morgan fingerprint density at radius 1 is 0.933 bits per heavy atom. The number of ether oxygens (including phenoxy) is 2. The lowest BCUT2D eigenvalue weighted by molar-refractivity contribution is -0.147. The lowest BCUT2D eigenvalue weighted by Crippen LogP contribution is -2.37. The van der Waals surface area contributed by atoms with Crippen molar-refractivity contribution in [3.63, 3.8) is 0 Å². The number of hydrogen-bond acceptors (Lipinski definition) is 5. The number of esters is 1. The summed E-state index contributed by atoms with van der Waals surface area (Å²) in [6.07, 6.45) is 0. The molecule has 1 unspecified atom stereocenters. The van der Waals surface area contributed by atoms with Crippen LogP contribution in [-0.4, -0.2) is 30.9 Å². The average molecular weight is 405 g/mol. The monoisotopic (exact) mass is 405 g/mol. The number of carbonyl (C=O) groups is 3. The largest absolute Gasteiger partial charge is 0.484 e. The van der Waals surface area contributed by atoms with Gasteiger partial charge in [0.25, 0.3) is 5.91 Å². The fourth-order valence-electron chi connectivity index (χ4n) is 3.13. The molecule has 0 bridgehead atoms. The van der Waals surface area contributed by atoms with Gasteiger partial charge in [0.2, 0.25) is 0 Å². The lowest BCUT2D eigenvalue weighted by atomic mass is 9.98. The van der Waals surface area contributed by atoms with Crippen LogP contribution in [0.5, 0.6) is 5.75 Å². The number of hydrogen-bond donors (Lipinski definition) is 1. The first kappa shape index (κ1) is 21.0. The Morgan fingerprint density at radius 3 is 2.33 bits per heavy atom. The standard InChI is InChI=1S/C24H23NO5/c1-3-29-24(28)23(21-10-6-8-18-7-4-5-9-20(18)21)25-22(27)15-30-19-13-11-17(12-14-19)16(2)26/h4-14,23H,3,15H2,1-2H3,(H,25,27). The summed E-state index contributed by atoms with van der Waals surface area (Å²) in [4.78, 5) is 36.5. The molecule has 0 aromatic heterocycles. The second-order valence-corrected chi connectivity index (χ2v) is 6.69. The number of rotatable bonds is 8. The van der Waals surface area contributed by atoms with Gasteiger partial charge in [-0.15, -0.1) is 0 Å². The van der Waals surface area contributed by atoms with E-state index in [4.69, 9.17) is 9.47 Å². The maximum atomic E-state index is 12.6. The molecule has 0 aliphatic rings. The Bertz CT molecular complexity index is 1050. The molecule has 3 aromatic rings. The molecule has 0 saturated carbocycles. The van der Waals surface area contributed by atoms with Crippen molar-refractivity contribution in [1.82, 2.24) is 5.32 Å². The van der Waals surface area contributed by atoms with Gasteiger partial charge < -0.3 is 14.8 Å². The summed E-state index contributed by atoms with van der Waals surface area (Å²) in [7, 11) is 0. The first-order valence-corrected chi connectivity index (χ1v) is 9.67. The number of fused-ring (bicyclic) bond motifs is 1. The predicted molar refractivity (Wildman–Crippen MR) is 113 cm³/mol. The molecule has 1 atom stereocenters. The number of nitrogens with one attached hydrogen (secondary N) is 1. The van der Waals surface area contributed by atoms with Gasteiger partial charge in [-0.1, -0.05) is 42.5 Å². The molecule has 0 aliphatic carbocycles. The molecule has 0 saturated heterocycles. The molecule has 0 radical (unpaired) electrons. The van der Waals surface area contributed by atoms with E-state index < -0.39 is 17.9 Å². The van der Waals surface area contributed by atoms with Crippen molar-refractivity contribution in [1.29, 1.82) is 0 Å². The first-order valence-electron chi connectivity index (χ1n) is 9.67. The highest BCUT2D eigenvalue weighted by Gasteiger charge is 2.26. The average Bonchev–Trinajstić information content (AvgIpc) is 2.76. The topological polar surface area (TPSA) is 81.7 Å². The van der Waals surface area contributed by atoms with Gasteiger partial charge in [0.05, 0.1) is 6.61 Å². The van der Waals surface area contributed by atoms with Crippen LogP contribution in [0.4, 0.5) is 0 Å². The Labute approximate surface area is 174 Å². The van der Waals surface area contributed by atoms with Crippen LogP contribution in [0.3, 0.4) is 0 Å². The van der Waals surface area contributed by atoms with Crippen LogP contribution >= 0.6 is 0 Å². The zero-order valence-corrected chi connectivity index (χ0v) is 16.9. The van der Waals surface area contributed by atoms with Gasteiger partial charge in [-0.05, 0) is 54.4 Å². The minimum Gasteiger partial charge on any atom is -0.484 e. The fraction of sp³-hybridized carbons (Fsp3) is 0.208. The van der Waals surface area contributed by atoms with E-state index in [9.17, 15) is 14.4 Å². The molecule has 6 nitrogen and oxygen atoms in total. The number of benzene rings is 3. The molecular formula is C24H23NO5. The summed E-state index contributed by atoms with van der Waals surface area (Å²) >= 11 is 0. The van der Waals surface area contributed by atoms with E-state index in [-0.39, 0.29) is 19.0 Å². The molecular weight excluding hydrogens is 382 g/mol. The van der Waals surface area contributed by atoms with Crippen molar-refractivity contribution in [3.8, 4) is 5.75 Å². The minimum atomic E-state index is -0.952. The van der Waals surface area contributed by atoms with Crippen molar-refractivity contribution >= 4 is 28.4 Å². The van der Waals surface area contributed by atoms with E-state index in [1.54, 1.807) is 37.3 Å². The van der Waals surface area contributed by atoms with Crippen molar-refractivity contribution < 1.29 is 23.9 Å². The third-order valence-corrected chi connectivity index (χ3v) is 4.59. The van der Waals surface area contributed by atoms with Crippen molar-refractivity contribution in [3.05, 3.63) is 77.9 Å². The SMILES string of the molecule is CCOC(=O)C(NC(=O)COc1ccc(C(C)=O)cc1)c1cccc2ccccc12. The summed E-state index contributed by atoms with van der Waals surface area (Å²) in [5, 5.41) is 4.54. The number of Topliss-reactive ketones (excluding diaryl/α,β-unsaturated/α-hetero) is 1. The Kier molecular flexibility index (Phi) is 6.80. The van der Waals surface area contributed by atoms with Gasteiger partial charge in [-0.25, -0.2) is 4.79 Å². The maximum absolute atomic E-state index is 12.6. The molecule has 0 heterocycles. The van der Waals surface area contributed by atoms with E-state index in [1.165, 1.54) is 6.92 Å². The van der Waals surface area contributed by atoms with Gasteiger partial charge in [-0.3, -0.25) is 9.59 Å². The van der Waals surface area contributed by atoms with Gasteiger partial charge >= 0.3 is 5.97 Å². The molecule has 1 amide bonds. The molecule has 3 rings (SSSR count). The second kappa shape index (κ2) is 9.69. The molecule has 0 fully saturated rings. The minimum absolute atomic E-state index is 0.0494. The van der Waals surface area contributed by atoms with E-state index in [0.29, 0.717) is 16.9 Å². The first-order chi connectivity index (χ1) is 14.5. The lowest BCUT2D eigenvalue weighted by Gasteiger charge is -2.19. The molecule has 3 aromatic carbocycles. The van der Waals surface area contributed by atoms with Gasteiger partial charge in [0, 0.05) is 5.56 Å². The maximum Gasteiger partial charge on any atom is 0.333 e. The Balaban J connectivity index is 1.75. The highest BCUT2D eigenvalue weighted by molar-refractivity contribution is 5.94. The van der Waals surface area contributed by atoms with Crippen LogP contribution in [0.1, 0.15) is 35.8 Å². The zero-order chi connectivity index (χ0) is 21.5. The number of ketones is 1. The number of carbonyl (C=O) groups excluding carboxylic acids is 3. The molecule has 0 spiro atoms. The van der Waals surface area contributed by atoms with E-state index in [1.807, 2.05) is 36.4 Å². The van der Waals surface area contributed by atoms with Crippen LogP contribution in [0.2, 0.25) is 0 Å². The van der Waals surface area contributed by atoms with Crippen molar-refractivity contribution in [2.24, 2.45) is 0 Å². The van der Waals surface area contributed by atoms with Crippen LogP contribution in [0.25, 0.3) is 10.8 Å². The summed E-state index contributed by atoms with van der Waals surface area (Å²) < 4.78 is 10.7. The van der Waals surface area contributed by atoms with Gasteiger partial charge in [0.15, 0.2) is 18.4 Å². The second-order valence-electron chi connectivity index (χ2n) is 6.69. The van der Waals surface area contributed by atoms with Crippen LogP contribution in [0, 0.1) is 0 Å². The predicted octanol–water partition coefficient (Wildman–Crippen LogP) is 3.84. The smallest absolute Gasteiger partial charge is 0.333 e. The molecule has 6 heteroatoms. The fourth-order valence-corrected chi connectivity index (χ4v) is 3.13. The normalized spacial score (nSPS) is 11.5. The zero-order valence-electron chi connectivity index (χ0n) is 16.9. The van der Waals surface area contributed by atoms with Crippen molar-refractivity contribution in [2.45, 2.75) is 19.9 Å². The highest BCUT2D eigenvalue weighted by Crippen LogP contribution is 2.25. The third-order valence-electron chi connectivity index (χ3n) is 4.59. The van der Waals surface area contributed by atoms with Crippen molar-refractivity contribution in [2.75, 3.05) is 13.2 Å². The number of amides is 1. The summed E-state index contributed by atoms with van der Waals surface area (Å²) in [5.41, 5.74) is 1.22. The summed E-state index contributed by atoms with van der Waals surface area (Å²) in [6, 6.07) is 18.8. The summed E-state index contributed by atoms with van der Waals surface area (Å²) in [6.45, 7) is 3.12. The van der Waals surface area contributed by atoms with Crippen LogP contribution in [0.15, 0.2) is 66.7 Å². The Hall–Kier alpha value is -3.67. The van der Waals surface area contributed by atoms with Gasteiger partial charge in [0.1, 0.15) is 5.75 Å².